The van der Waals surface area contributed by atoms with Gasteiger partial charge in [0.15, 0.2) is 11.6 Å². The third kappa shape index (κ3) is 2.71. The number of ether oxygens (including phenoxy) is 1. The molecule has 2 aromatic carbocycles. The van der Waals surface area contributed by atoms with Gasteiger partial charge in [0, 0.05) is 17.3 Å². The number of hydrogen-bond acceptors (Lipinski definition) is 2. The second-order valence-corrected chi connectivity index (χ2v) is 4.10. The average molecular weight is 270 g/mol. The van der Waals surface area contributed by atoms with E-state index in [1.807, 2.05) is 0 Å². The molecule has 0 fully saturated rings. The van der Waals surface area contributed by atoms with E-state index < -0.39 is 11.6 Å². The highest BCUT2D eigenvalue weighted by molar-refractivity contribution is 6.32. The molecule has 0 spiro atoms. The average Bonchev–Trinajstić information content (AvgIpc) is 2.35. The molecule has 0 unspecified atom stereocenters. The molecule has 94 valence electrons. The number of hydrogen-bond donors (Lipinski definition) is 1. The van der Waals surface area contributed by atoms with E-state index >= 15 is 0 Å². The minimum atomic E-state index is -0.919. The van der Waals surface area contributed by atoms with E-state index in [4.69, 9.17) is 22.1 Å². The van der Waals surface area contributed by atoms with Gasteiger partial charge in [-0.05, 0) is 18.2 Å². The molecule has 0 saturated carbocycles. The number of anilines is 1. The van der Waals surface area contributed by atoms with Gasteiger partial charge in [-0.1, -0.05) is 23.7 Å². The van der Waals surface area contributed by atoms with Crippen molar-refractivity contribution in [1.82, 2.24) is 0 Å². The standard InChI is InChI=1S/C13H10ClF2NO/c14-10-5-4-9(17)6-12(10)18-7-8-2-1-3-11(15)13(8)16/h1-6H,7,17H2. The Morgan fingerprint density at radius 1 is 1.17 bits per heavy atom. The van der Waals surface area contributed by atoms with Crippen molar-refractivity contribution in [2.24, 2.45) is 0 Å². The lowest BCUT2D eigenvalue weighted by atomic mass is 10.2. The molecule has 0 heterocycles. The van der Waals surface area contributed by atoms with E-state index in [1.165, 1.54) is 18.2 Å². The van der Waals surface area contributed by atoms with Crippen LogP contribution in [-0.4, -0.2) is 0 Å². The normalized spacial score (nSPS) is 10.4. The second-order valence-electron chi connectivity index (χ2n) is 3.69. The predicted octanol–water partition coefficient (Wildman–Crippen LogP) is 3.78. The van der Waals surface area contributed by atoms with E-state index in [-0.39, 0.29) is 12.2 Å². The largest absolute Gasteiger partial charge is 0.487 e. The van der Waals surface area contributed by atoms with Crippen LogP contribution in [0.3, 0.4) is 0 Å². The van der Waals surface area contributed by atoms with Gasteiger partial charge in [0.1, 0.15) is 12.4 Å². The molecule has 0 amide bonds. The zero-order valence-corrected chi connectivity index (χ0v) is 10.0. The van der Waals surface area contributed by atoms with Crippen LogP contribution in [0.4, 0.5) is 14.5 Å². The molecule has 0 radical (unpaired) electrons. The monoisotopic (exact) mass is 269 g/mol. The number of nitrogens with two attached hydrogens (primary N) is 1. The summed E-state index contributed by atoms with van der Waals surface area (Å²) in [6.45, 7) is -0.118. The summed E-state index contributed by atoms with van der Waals surface area (Å²) in [6, 6.07) is 8.63. The van der Waals surface area contributed by atoms with Crippen LogP contribution in [0, 0.1) is 11.6 Å². The first-order chi connectivity index (χ1) is 8.58. The summed E-state index contributed by atoms with van der Waals surface area (Å²) in [7, 11) is 0. The van der Waals surface area contributed by atoms with Gasteiger partial charge in [0.25, 0.3) is 0 Å². The van der Waals surface area contributed by atoms with Crippen molar-refractivity contribution in [2.75, 3.05) is 5.73 Å². The summed E-state index contributed by atoms with van der Waals surface area (Å²) in [5.41, 5.74) is 6.18. The SMILES string of the molecule is Nc1ccc(Cl)c(OCc2cccc(F)c2F)c1. The maximum absolute atomic E-state index is 13.4. The summed E-state index contributed by atoms with van der Waals surface area (Å²) in [4.78, 5) is 0. The van der Waals surface area contributed by atoms with Gasteiger partial charge >= 0.3 is 0 Å². The molecule has 0 bridgehead atoms. The Labute approximate surface area is 108 Å². The second kappa shape index (κ2) is 5.23. The molecule has 0 aliphatic rings. The Kier molecular flexibility index (Phi) is 3.67. The van der Waals surface area contributed by atoms with Gasteiger partial charge in [0.05, 0.1) is 5.02 Å². The van der Waals surface area contributed by atoms with Gasteiger partial charge in [0.2, 0.25) is 0 Å². The molecule has 2 N–H and O–H groups in total. The topological polar surface area (TPSA) is 35.2 Å². The fourth-order valence-corrected chi connectivity index (χ4v) is 1.62. The third-order valence-electron chi connectivity index (χ3n) is 2.37. The molecule has 5 heteroatoms. The molecule has 2 rings (SSSR count). The molecule has 18 heavy (non-hydrogen) atoms. The Morgan fingerprint density at radius 2 is 1.94 bits per heavy atom. The minimum Gasteiger partial charge on any atom is -0.487 e. The smallest absolute Gasteiger partial charge is 0.165 e. The maximum atomic E-state index is 13.4. The lowest BCUT2D eigenvalue weighted by Gasteiger charge is -2.09. The number of rotatable bonds is 3. The fraction of sp³-hybridized carbons (Fsp3) is 0.0769. The number of halogens is 3. The highest BCUT2D eigenvalue weighted by Crippen LogP contribution is 2.27. The third-order valence-corrected chi connectivity index (χ3v) is 2.68. The molecule has 2 nitrogen and oxygen atoms in total. The minimum absolute atomic E-state index is 0.118. The Hall–Kier alpha value is -1.81. The lowest BCUT2D eigenvalue weighted by molar-refractivity contribution is 0.297. The fourth-order valence-electron chi connectivity index (χ4n) is 1.45. The van der Waals surface area contributed by atoms with Crippen molar-refractivity contribution in [2.45, 2.75) is 6.61 Å². The summed E-state index contributed by atoms with van der Waals surface area (Å²) in [5, 5.41) is 0.362. The maximum Gasteiger partial charge on any atom is 0.165 e. The van der Waals surface area contributed by atoms with Crippen LogP contribution in [0.2, 0.25) is 5.02 Å². The van der Waals surface area contributed by atoms with Crippen molar-refractivity contribution in [3.63, 3.8) is 0 Å². The molecule has 2 aromatic rings. The van der Waals surface area contributed by atoms with Crippen molar-refractivity contribution < 1.29 is 13.5 Å². The van der Waals surface area contributed by atoms with E-state index in [9.17, 15) is 8.78 Å². The van der Waals surface area contributed by atoms with E-state index in [1.54, 1.807) is 12.1 Å². The van der Waals surface area contributed by atoms with Crippen LogP contribution in [0.15, 0.2) is 36.4 Å². The molecule has 0 atom stereocenters. The Bertz CT molecular complexity index is 573. The Morgan fingerprint density at radius 3 is 2.72 bits per heavy atom. The molecule has 0 aromatic heterocycles. The van der Waals surface area contributed by atoms with Crippen molar-refractivity contribution >= 4 is 17.3 Å². The Balaban J connectivity index is 2.16. The summed E-state index contributed by atoms with van der Waals surface area (Å²) < 4.78 is 31.7. The first-order valence-electron chi connectivity index (χ1n) is 5.18. The quantitative estimate of drug-likeness (QED) is 0.861. The van der Waals surface area contributed by atoms with Crippen molar-refractivity contribution in [3.8, 4) is 5.75 Å². The zero-order chi connectivity index (χ0) is 13.1. The van der Waals surface area contributed by atoms with Crippen LogP contribution in [0.5, 0.6) is 5.75 Å². The lowest BCUT2D eigenvalue weighted by Crippen LogP contribution is -2.01. The number of nitrogen functional groups attached to an aromatic ring is 1. The van der Waals surface area contributed by atoms with Crippen molar-refractivity contribution in [1.29, 1.82) is 0 Å². The molecule has 0 aliphatic heterocycles. The molecular weight excluding hydrogens is 260 g/mol. The number of benzene rings is 2. The van der Waals surface area contributed by atoms with Crippen LogP contribution >= 0.6 is 11.6 Å². The highest BCUT2D eigenvalue weighted by atomic mass is 35.5. The summed E-state index contributed by atoms with van der Waals surface area (Å²) >= 11 is 5.89. The van der Waals surface area contributed by atoms with Crippen LogP contribution in [0.25, 0.3) is 0 Å². The van der Waals surface area contributed by atoms with E-state index in [0.717, 1.165) is 6.07 Å². The van der Waals surface area contributed by atoms with Crippen LogP contribution in [0.1, 0.15) is 5.56 Å². The first kappa shape index (κ1) is 12.6. The summed E-state index contributed by atoms with van der Waals surface area (Å²) in [6.07, 6.45) is 0. The van der Waals surface area contributed by atoms with Gasteiger partial charge in [-0.15, -0.1) is 0 Å². The first-order valence-corrected chi connectivity index (χ1v) is 5.56. The van der Waals surface area contributed by atoms with Crippen molar-refractivity contribution in [3.05, 3.63) is 58.6 Å². The zero-order valence-electron chi connectivity index (χ0n) is 9.29. The van der Waals surface area contributed by atoms with Crippen LogP contribution in [-0.2, 0) is 6.61 Å². The molecule has 0 aliphatic carbocycles. The van der Waals surface area contributed by atoms with Gasteiger partial charge < -0.3 is 10.5 Å². The van der Waals surface area contributed by atoms with Crippen LogP contribution < -0.4 is 10.5 Å². The van der Waals surface area contributed by atoms with Gasteiger partial charge in [-0.2, -0.15) is 0 Å². The van der Waals surface area contributed by atoms with E-state index in [0.29, 0.717) is 16.5 Å². The molecular formula is C13H10ClF2NO. The van der Waals surface area contributed by atoms with Gasteiger partial charge in [-0.25, -0.2) is 8.78 Å². The van der Waals surface area contributed by atoms with Gasteiger partial charge in [-0.3, -0.25) is 0 Å². The summed E-state index contributed by atoms with van der Waals surface area (Å²) in [5.74, 6) is -1.49. The molecule has 0 saturated heterocycles. The highest BCUT2D eigenvalue weighted by Gasteiger charge is 2.09. The van der Waals surface area contributed by atoms with E-state index in [2.05, 4.69) is 0 Å². The predicted molar refractivity (Wildman–Crippen MR) is 66.6 cm³/mol.